The number of nitrogens with zero attached hydrogens (tertiary/aromatic N) is 2. The molecule has 0 spiro atoms. The molecule has 0 radical (unpaired) electrons. The van der Waals surface area contributed by atoms with Gasteiger partial charge in [-0.1, -0.05) is 55.2 Å². The van der Waals surface area contributed by atoms with Crippen LogP contribution in [0.1, 0.15) is 42.6 Å². The molecule has 34 heavy (non-hydrogen) atoms. The van der Waals surface area contributed by atoms with Crippen molar-refractivity contribution in [3.8, 4) is 0 Å². The summed E-state index contributed by atoms with van der Waals surface area (Å²) in [5.41, 5.74) is 0.420. The van der Waals surface area contributed by atoms with Gasteiger partial charge in [0, 0.05) is 28.7 Å². The Morgan fingerprint density at radius 2 is 1.71 bits per heavy atom. The van der Waals surface area contributed by atoms with Gasteiger partial charge in [0.1, 0.15) is 17.5 Å². The van der Waals surface area contributed by atoms with E-state index in [1.165, 1.54) is 23.1 Å². The first-order valence-corrected chi connectivity index (χ1v) is 13.0. The second-order valence-corrected chi connectivity index (χ2v) is 10.4. The standard InChI is InChI=1S/C23H25Cl2N3O5S/c1-3-12-26-22(30)19(4-2)27(13-16-17(24)9-7-10-18(16)25)21(29)14-28-23(31)15-8-5-6-11-20(15)34(28,32)33/h5-11,19H,3-4,12-14H2,1-2H3,(H,26,30)/t19-/m1/s1. The third-order valence-electron chi connectivity index (χ3n) is 5.52. The number of carbonyl (C=O) groups excluding carboxylic acids is 3. The monoisotopic (exact) mass is 525 g/mol. The lowest BCUT2D eigenvalue weighted by atomic mass is 10.1. The largest absolute Gasteiger partial charge is 0.354 e. The van der Waals surface area contributed by atoms with Crippen LogP contribution in [-0.2, 0) is 26.2 Å². The smallest absolute Gasteiger partial charge is 0.269 e. The van der Waals surface area contributed by atoms with E-state index in [1.807, 2.05) is 6.92 Å². The summed E-state index contributed by atoms with van der Waals surface area (Å²) in [7, 11) is -4.20. The molecule has 0 aliphatic carbocycles. The normalized spacial score (nSPS) is 15.1. The number of hydrogen-bond acceptors (Lipinski definition) is 5. The van der Waals surface area contributed by atoms with Gasteiger partial charge in [0.2, 0.25) is 11.8 Å². The molecular formula is C23H25Cl2N3O5S. The summed E-state index contributed by atoms with van der Waals surface area (Å²) in [5.74, 6) is -1.90. The number of benzene rings is 2. The number of fused-ring (bicyclic) bond motifs is 1. The van der Waals surface area contributed by atoms with Crippen LogP contribution in [0.3, 0.4) is 0 Å². The molecule has 1 aliphatic heterocycles. The Hall–Kier alpha value is -2.62. The molecule has 0 saturated carbocycles. The molecule has 0 unspecified atom stereocenters. The average molecular weight is 526 g/mol. The Kier molecular flexibility index (Phi) is 8.22. The Bertz CT molecular complexity index is 1200. The summed E-state index contributed by atoms with van der Waals surface area (Å²) in [6, 6.07) is 9.71. The molecule has 1 N–H and O–H groups in total. The van der Waals surface area contributed by atoms with E-state index in [0.717, 1.165) is 0 Å². The van der Waals surface area contributed by atoms with E-state index >= 15 is 0 Å². The van der Waals surface area contributed by atoms with E-state index < -0.39 is 34.4 Å². The van der Waals surface area contributed by atoms with Gasteiger partial charge in [0.05, 0.1) is 5.56 Å². The van der Waals surface area contributed by atoms with E-state index in [9.17, 15) is 22.8 Å². The van der Waals surface area contributed by atoms with Crippen molar-refractivity contribution in [1.29, 1.82) is 0 Å². The maximum atomic E-state index is 13.5. The van der Waals surface area contributed by atoms with Crippen LogP contribution in [0.2, 0.25) is 10.0 Å². The highest BCUT2D eigenvalue weighted by Gasteiger charge is 2.43. The van der Waals surface area contributed by atoms with E-state index in [1.54, 1.807) is 31.2 Å². The third-order valence-corrected chi connectivity index (χ3v) is 8.01. The molecule has 11 heteroatoms. The van der Waals surface area contributed by atoms with Crippen molar-refractivity contribution >= 4 is 50.9 Å². The van der Waals surface area contributed by atoms with Gasteiger partial charge in [0.25, 0.3) is 15.9 Å². The van der Waals surface area contributed by atoms with Crippen molar-refractivity contribution in [3.05, 3.63) is 63.6 Å². The fourth-order valence-corrected chi connectivity index (χ4v) is 5.78. The zero-order valence-corrected chi connectivity index (χ0v) is 21.1. The van der Waals surface area contributed by atoms with E-state index in [0.29, 0.717) is 32.9 Å². The first-order valence-electron chi connectivity index (χ1n) is 10.8. The van der Waals surface area contributed by atoms with Crippen LogP contribution < -0.4 is 5.32 Å². The Labute approximate surface area is 208 Å². The molecule has 3 amide bonds. The molecule has 0 saturated heterocycles. The van der Waals surface area contributed by atoms with Crippen LogP contribution in [0.15, 0.2) is 47.4 Å². The molecule has 3 rings (SSSR count). The van der Waals surface area contributed by atoms with Crippen molar-refractivity contribution in [1.82, 2.24) is 14.5 Å². The minimum absolute atomic E-state index is 0.00345. The van der Waals surface area contributed by atoms with Crippen LogP contribution in [-0.4, -0.2) is 54.5 Å². The molecule has 2 aromatic carbocycles. The zero-order chi connectivity index (χ0) is 25.0. The lowest BCUT2D eigenvalue weighted by molar-refractivity contribution is -0.141. The summed E-state index contributed by atoms with van der Waals surface area (Å²) in [5, 5.41) is 3.36. The van der Waals surface area contributed by atoms with Crippen molar-refractivity contribution in [2.45, 2.75) is 44.2 Å². The summed E-state index contributed by atoms with van der Waals surface area (Å²) in [6.45, 7) is 3.16. The van der Waals surface area contributed by atoms with Gasteiger partial charge in [-0.15, -0.1) is 0 Å². The van der Waals surface area contributed by atoms with Crippen LogP contribution in [0.25, 0.3) is 0 Å². The van der Waals surface area contributed by atoms with Crippen molar-refractivity contribution < 1.29 is 22.8 Å². The molecule has 0 bridgehead atoms. The summed E-state index contributed by atoms with van der Waals surface area (Å²) >= 11 is 12.6. The van der Waals surface area contributed by atoms with Crippen molar-refractivity contribution in [3.63, 3.8) is 0 Å². The van der Waals surface area contributed by atoms with Gasteiger partial charge in [-0.2, -0.15) is 0 Å². The quantitative estimate of drug-likeness (QED) is 0.539. The molecule has 1 aliphatic rings. The second-order valence-electron chi connectivity index (χ2n) is 7.75. The topological polar surface area (TPSA) is 104 Å². The van der Waals surface area contributed by atoms with Crippen LogP contribution in [0.5, 0.6) is 0 Å². The number of rotatable bonds is 9. The lowest BCUT2D eigenvalue weighted by Crippen LogP contribution is -2.52. The van der Waals surface area contributed by atoms with Gasteiger partial charge in [-0.05, 0) is 37.1 Å². The molecule has 2 aromatic rings. The SMILES string of the molecule is CCCNC(=O)[C@@H](CC)N(Cc1c(Cl)cccc1Cl)C(=O)CN1C(=O)c2ccccc2S1(=O)=O. The highest BCUT2D eigenvalue weighted by Crippen LogP contribution is 2.31. The predicted molar refractivity (Wildman–Crippen MR) is 129 cm³/mol. The fraction of sp³-hybridized carbons (Fsp3) is 0.348. The highest BCUT2D eigenvalue weighted by molar-refractivity contribution is 7.90. The Morgan fingerprint density at radius 3 is 2.29 bits per heavy atom. The molecule has 182 valence electrons. The van der Waals surface area contributed by atoms with Gasteiger partial charge in [-0.3, -0.25) is 14.4 Å². The number of nitrogens with one attached hydrogen (secondary N) is 1. The van der Waals surface area contributed by atoms with Gasteiger partial charge < -0.3 is 10.2 Å². The number of amides is 3. The molecule has 0 fully saturated rings. The Morgan fingerprint density at radius 1 is 1.06 bits per heavy atom. The van der Waals surface area contributed by atoms with Crippen LogP contribution in [0, 0.1) is 0 Å². The van der Waals surface area contributed by atoms with Gasteiger partial charge in [-0.25, -0.2) is 12.7 Å². The summed E-state index contributed by atoms with van der Waals surface area (Å²) in [4.78, 5) is 40.2. The molecule has 1 heterocycles. The van der Waals surface area contributed by atoms with Crippen molar-refractivity contribution in [2.75, 3.05) is 13.1 Å². The van der Waals surface area contributed by atoms with Crippen molar-refractivity contribution in [2.24, 2.45) is 0 Å². The van der Waals surface area contributed by atoms with E-state index in [4.69, 9.17) is 23.2 Å². The maximum absolute atomic E-state index is 13.5. The van der Waals surface area contributed by atoms with Crippen LogP contribution >= 0.6 is 23.2 Å². The number of hydrogen-bond donors (Lipinski definition) is 1. The molecule has 8 nitrogen and oxygen atoms in total. The van der Waals surface area contributed by atoms with Crippen LogP contribution in [0.4, 0.5) is 0 Å². The third kappa shape index (κ3) is 5.06. The van der Waals surface area contributed by atoms with E-state index in [2.05, 4.69) is 5.32 Å². The van der Waals surface area contributed by atoms with Gasteiger partial charge >= 0.3 is 0 Å². The number of halogens is 2. The fourth-order valence-electron chi connectivity index (χ4n) is 3.74. The zero-order valence-electron chi connectivity index (χ0n) is 18.8. The first-order chi connectivity index (χ1) is 16.1. The minimum Gasteiger partial charge on any atom is -0.354 e. The molecular weight excluding hydrogens is 501 g/mol. The minimum atomic E-state index is -4.20. The lowest BCUT2D eigenvalue weighted by Gasteiger charge is -2.32. The highest BCUT2D eigenvalue weighted by atomic mass is 35.5. The summed E-state index contributed by atoms with van der Waals surface area (Å²) < 4.78 is 26.4. The Balaban J connectivity index is 1.96. The average Bonchev–Trinajstić information content (AvgIpc) is 3.00. The summed E-state index contributed by atoms with van der Waals surface area (Å²) in [6.07, 6.45) is 0.954. The second kappa shape index (κ2) is 10.8. The van der Waals surface area contributed by atoms with E-state index in [-0.39, 0.29) is 29.3 Å². The van der Waals surface area contributed by atoms with Gasteiger partial charge in [0.15, 0.2) is 0 Å². The number of carbonyl (C=O) groups is 3. The first kappa shape index (κ1) is 26.0. The predicted octanol–water partition coefficient (Wildman–Crippen LogP) is 3.47. The molecule has 1 atom stereocenters. The maximum Gasteiger partial charge on any atom is 0.269 e. The number of sulfonamides is 1. The molecule has 0 aromatic heterocycles.